The van der Waals surface area contributed by atoms with Crippen LogP contribution in [-0.4, -0.2) is 123 Å². The van der Waals surface area contributed by atoms with Gasteiger partial charge < -0.3 is 55.5 Å². The predicted octanol–water partition coefficient (Wildman–Crippen LogP) is 8.25. The number of benzene rings is 2. The van der Waals surface area contributed by atoms with Crippen molar-refractivity contribution >= 4 is 88.0 Å². The summed E-state index contributed by atoms with van der Waals surface area (Å²) >= 11 is 12.8. The maximum Gasteiger partial charge on any atom is 2.00 e. The van der Waals surface area contributed by atoms with Crippen LogP contribution in [-0.2, 0) is 28.4 Å². The Morgan fingerprint density at radius 2 is 1.21 bits per heavy atom. The van der Waals surface area contributed by atoms with Gasteiger partial charge in [-0.05, 0) is 174 Å². The molecule has 2 saturated heterocycles. The van der Waals surface area contributed by atoms with E-state index < -0.39 is 17.3 Å². The topological polar surface area (TPSA) is 158 Å². The number of carbonyl (C=O) groups is 3. The third-order valence-electron chi connectivity index (χ3n) is 13.7. The minimum absolute atomic E-state index is 0. The molecule has 0 spiro atoms. The van der Waals surface area contributed by atoms with Crippen molar-refractivity contribution in [2.24, 2.45) is 25.9 Å². The van der Waals surface area contributed by atoms with Crippen LogP contribution in [0.4, 0.5) is 9.59 Å². The SMILES string of the molecule is CC(C)(C)OC(=O)N1CCC(C2c3ccc(Cl)cc3C(C=O)=Cc3cccnc32)CC1.Cn1[c-]cnc1.Cn1cncc1C(O)C1=Cc2cccnc2C(C2CCN(C(=O)OC(C)(C)C)CC2)c2ccc(Cl)cc21.[Br-].[Mg+2]. The first kappa shape index (κ1) is 59.9. The van der Waals surface area contributed by atoms with Crippen LogP contribution in [0.3, 0.4) is 0 Å². The number of imidazole rings is 2. The van der Waals surface area contributed by atoms with Crippen molar-refractivity contribution in [3.05, 3.63) is 165 Å². The van der Waals surface area contributed by atoms with E-state index in [0.29, 0.717) is 47.5 Å². The van der Waals surface area contributed by atoms with E-state index in [4.69, 9.17) is 42.6 Å². The first-order valence-electron chi connectivity index (χ1n) is 25.1. The number of allylic oxidation sites excluding steroid dienone is 1. The molecule has 0 saturated carbocycles. The summed E-state index contributed by atoms with van der Waals surface area (Å²) < 4.78 is 14.7. The molecule has 2 amide bonds. The van der Waals surface area contributed by atoms with Gasteiger partial charge in [-0.1, -0.05) is 60.0 Å². The second-order valence-electron chi connectivity index (χ2n) is 21.3. The molecule has 6 aromatic rings. The number of hydrogen-bond acceptors (Lipinski definition) is 10. The Morgan fingerprint density at radius 3 is 1.63 bits per heavy atom. The molecule has 2 aliphatic heterocycles. The molecule has 3 atom stereocenters. The number of aliphatic hydroxyl groups is 1. The summed E-state index contributed by atoms with van der Waals surface area (Å²) in [5.41, 5.74) is 8.87. The Bertz CT molecular complexity index is 3030. The van der Waals surface area contributed by atoms with Gasteiger partial charge in [0.15, 0.2) is 6.29 Å². The molecule has 2 aliphatic carbocycles. The van der Waals surface area contributed by atoms with Crippen LogP contribution in [0.2, 0.25) is 10.0 Å². The number of fused-ring (bicyclic) bond motifs is 4. The fourth-order valence-corrected chi connectivity index (χ4v) is 10.7. The van der Waals surface area contributed by atoms with E-state index in [1.807, 2.05) is 127 Å². The monoisotopic (exact) mass is 1140 g/mol. The summed E-state index contributed by atoms with van der Waals surface area (Å²) in [5.74, 6) is 0.565. The molecule has 4 aliphatic rings. The van der Waals surface area contributed by atoms with E-state index in [1.165, 1.54) is 0 Å². The molecule has 0 radical (unpaired) electrons. The standard InChI is InChI=1S/C29H33ClN4O3.C25H27ClN2O3.C4H5N2.BrH.Mg/c1-29(2,3)37-28(36)34-12-9-18(10-13-34)25-21-8-7-20(30)15-22(21)23(14-19-6-5-11-32-26(19)25)27(35)24-16-31-17-33(24)4;1-25(2,3)31-24(30)28-11-8-16(9-12-28)22-20-7-6-19(26)14-21(20)18(15-29)13-17-5-4-10-27-23(17)22;1-6-3-2-5-4-6;;/h5-8,11,14-18,25,27,35H,9-10,12-13H2,1-4H3;4-7,10,13-16,22H,8-9,11-12H2,1-3H3;2,4H,1H3;1H;/q;;-1;;+2/p-1. The molecule has 4 aromatic heterocycles. The number of piperidine rings is 2. The number of halogens is 3. The molecule has 2 fully saturated rings. The Hall–Kier alpha value is -5.36. The smallest absolute Gasteiger partial charge is 1.00 e. The summed E-state index contributed by atoms with van der Waals surface area (Å²) in [5, 5.41) is 12.7. The van der Waals surface area contributed by atoms with Gasteiger partial charge in [-0.3, -0.25) is 14.8 Å². The van der Waals surface area contributed by atoms with Crippen LogP contribution in [0, 0.1) is 18.0 Å². The minimum Gasteiger partial charge on any atom is -1.00 e. The quantitative estimate of drug-likeness (QED) is 0.101. The van der Waals surface area contributed by atoms with Gasteiger partial charge in [0.2, 0.25) is 0 Å². The number of ether oxygens (including phenoxy) is 2. The van der Waals surface area contributed by atoms with E-state index in [9.17, 15) is 19.5 Å². The average Bonchev–Trinajstić information content (AvgIpc) is 3.98. The third kappa shape index (κ3) is 14.4. The van der Waals surface area contributed by atoms with E-state index in [0.717, 1.165) is 82.3 Å². The number of amides is 2. The van der Waals surface area contributed by atoms with Gasteiger partial charge in [0, 0.05) is 73.1 Å². The Labute approximate surface area is 482 Å². The number of rotatable bonds is 5. The van der Waals surface area contributed by atoms with E-state index in [1.54, 1.807) is 45.6 Å². The zero-order valence-corrected chi connectivity index (χ0v) is 48.9. The van der Waals surface area contributed by atoms with Crippen LogP contribution in [0.25, 0.3) is 23.3 Å². The van der Waals surface area contributed by atoms with E-state index in [-0.39, 0.29) is 75.9 Å². The first-order valence-corrected chi connectivity index (χ1v) is 25.9. The molecule has 0 bridgehead atoms. The molecule has 10 rings (SSSR count). The molecule has 3 unspecified atom stereocenters. The summed E-state index contributed by atoms with van der Waals surface area (Å²) in [7, 11) is 3.76. The van der Waals surface area contributed by atoms with Gasteiger partial charge in [-0.15, -0.1) is 0 Å². The first-order chi connectivity index (χ1) is 35.3. The van der Waals surface area contributed by atoms with E-state index >= 15 is 0 Å². The number of hydrogen-bond donors (Lipinski definition) is 1. The molecule has 76 heavy (non-hydrogen) atoms. The second-order valence-corrected chi connectivity index (χ2v) is 22.1. The van der Waals surface area contributed by atoms with Gasteiger partial charge in [0.25, 0.3) is 0 Å². The molecule has 18 heteroatoms. The van der Waals surface area contributed by atoms with Crippen molar-refractivity contribution in [1.29, 1.82) is 0 Å². The maximum absolute atomic E-state index is 12.7. The minimum atomic E-state index is -0.884. The van der Waals surface area contributed by atoms with Crippen molar-refractivity contribution in [1.82, 2.24) is 38.9 Å². The fraction of sp³-hybridized carbons (Fsp3) is 0.397. The van der Waals surface area contributed by atoms with Crippen molar-refractivity contribution in [3.8, 4) is 0 Å². The Kier molecular flexibility index (Phi) is 20.4. The van der Waals surface area contributed by atoms with Gasteiger partial charge in [-0.25, -0.2) is 14.6 Å². The predicted molar refractivity (Wildman–Crippen MR) is 294 cm³/mol. The number of aldehydes is 1. The Morgan fingerprint density at radius 1 is 0.724 bits per heavy atom. The van der Waals surface area contributed by atoms with Crippen molar-refractivity contribution in [3.63, 3.8) is 0 Å². The summed E-state index contributed by atoms with van der Waals surface area (Å²) in [6, 6.07) is 19.5. The third-order valence-corrected chi connectivity index (χ3v) is 14.2. The summed E-state index contributed by atoms with van der Waals surface area (Å²) in [6.07, 6.45) is 19.9. The van der Waals surface area contributed by atoms with Crippen LogP contribution >= 0.6 is 23.2 Å². The molecular weight excluding hydrogens is 1080 g/mol. The molecule has 1 N–H and O–H groups in total. The van der Waals surface area contributed by atoms with Gasteiger partial charge in [-0.2, -0.15) is 6.20 Å². The number of aromatic nitrogens is 6. The van der Waals surface area contributed by atoms with Crippen molar-refractivity contribution in [2.75, 3.05) is 26.2 Å². The number of carbonyl (C=O) groups excluding carboxylic acids is 3. The van der Waals surface area contributed by atoms with Crippen molar-refractivity contribution in [2.45, 2.75) is 96.4 Å². The number of pyridine rings is 2. The van der Waals surface area contributed by atoms with Crippen LogP contribution in [0.5, 0.6) is 0 Å². The second kappa shape index (κ2) is 25.9. The van der Waals surface area contributed by atoms with Crippen molar-refractivity contribution < 1.29 is 45.9 Å². The van der Waals surface area contributed by atoms with E-state index in [2.05, 4.69) is 28.3 Å². The van der Waals surface area contributed by atoms with Gasteiger partial charge in [0.1, 0.15) is 17.3 Å². The zero-order valence-electron chi connectivity index (χ0n) is 44.4. The summed E-state index contributed by atoms with van der Waals surface area (Å²) in [6.45, 7) is 13.8. The number of likely N-dealkylation sites (tertiary alicyclic amines) is 2. The number of aliphatic hydroxyl groups excluding tert-OH is 1. The zero-order chi connectivity index (χ0) is 52.9. The van der Waals surface area contributed by atoms with Crippen LogP contribution < -0.4 is 17.0 Å². The normalized spacial score (nSPS) is 17.7. The molecule has 14 nitrogen and oxygen atoms in total. The largest absolute Gasteiger partial charge is 2.00 e. The number of aryl methyl sites for hydroxylation is 2. The fourth-order valence-electron chi connectivity index (χ4n) is 10.4. The molecule has 396 valence electrons. The van der Waals surface area contributed by atoms with Gasteiger partial charge in [0.05, 0.1) is 29.6 Å². The average molecular weight is 1150 g/mol. The molecular formula is C58H65BrCl2MgN8O6. The molecule has 2 aromatic carbocycles. The Balaban J connectivity index is 0.000000219. The van der Waals surface area contributed by atoms with Gasteiger partial charge >= 0.3 is 35.2 Å². The number of nitrogens with zero attached hydrogens (tertiary/aromatic N) is 8. The molecule has 6 heterocycles. The van der Waals surface area contributed by atoms with Crippen LogP contribution in [0.15, 0.2) is 98.1 Å². The maximum atomic E-state index is 12.7. The summed E-state index contributed by atoms with van der Waals surface area (Å²) in [4.78, 5) is 58.2. The van der Waals surface area contributed by atoms with Crippen LogP contribution in [0.1, 0.15) is 136 Å².